The van der Waals surface area contributed by atoms with Crippen LogP contribution >= 0.6 is 0 Å². The number of piperidine rings is 1. The summed E-state index contributed by atoms with van der Waals surface area (Å²) in [5.41, 5.74) is 0.445. The molecule has 2 aliphatic rings. The topological polar surface area (TPSA) is 49.4 Å². The SMILES string of the molecule is CC(C)CNCC1(CC2CCCN(S(C)(=O)=O)C2)CCC1. The molecule has 0 aromatic heterocycles. The van der Waals surface area contributed by atoms with E-state index in [0.29, 0.717) is 23.8 Å². The van der Waals surface area contributed by atoms with Gasteiger partial charge < -0.3 is 5.32 Å². The Kier molecular flexibility index (Phi) is 5.71. The van der Waals surface area contributed by atoms with E-state index in [4.69, 9.17) is 0 Å². The van der Waals surface area contributed by atoms with Gasteiger partial charge in [0.25, 0.3) is 0 Å². The Morgan fingerprint density at radius 1 is 1.29 bits per heavy atom. The molecule has 1 saturated carbocycles. The first-order chi connectivity index (χ1) is 9.81. The molecular formula is C16H32N2O2S. The Bertz CT molecular complexity index is 430. The van der Waals surface area contributed by atoms with E-state index in [1.165, 1.54) is 38.4 Å². The highest BCUT2D eigenvalue weighted by atomic mass is 32.2. The van der Waals surface area contributed by atoms with Crippen molar-refractivity contribution in [3.63, 3.8) is 0 Å². The highest BCUT2D eigenvalue weighted by Gasteiger charge is 2.40. The fourth-order valence-electron chi connectivity index (χ4n) is 3.86. The standard InChI is InChI=1S/C16H32N2O2S/c1-14(2)11-17-13-16(7-5-8-16)10-15-6-4-9-18(12-15)21(3,19)20/h14-15,17H,4-13H2,1-3H3. The van der Waals surface area contributed by atoms with Gasteiger partial charge in [-0.1, -0.05) is 20.3 Å². The molecule has 0 bridgehead atoms. The average molecular weight is 317 g/mol. The van der Waals surface area contributed by atoms with Gasteiger partial charge in [0.1, 0.15) is 0 Å². The average Bonchev–Trinajstić information content (AvgIpc) is 2.34. The van der Waals surface area contributed by atoms with Crippen LogP contribution in [0, 0.1) is 17.3 Å². The third-order valence-electron chi connectivity index (χ3n) is 5.14. The van der Waals surface area contributed by atoms with E-state index in [1.807, 2.05) is 0 Å². The van der Waals surface area contributed by atoms with Gasteiger partial charge in [-0.2, -0.15) is 0 Å². The lowest BCUT2D eigenvalue weighted by molar-refractivity contribution is 0.0740. The minimum Gasteiger partial charge on any atom is -0.316 e. The highest BCUT2D eigenvalue weighted by molar-refractivity contribution is 7.88. The van der Waals surface area contributed by atoms with Crippen molar-refractivity contribution >= 4 is 10.0 Å². The lowest BCUT2D eigenvalue weighted by atomic mass is 9.63. The maximum Gasteiger partial charge on any atom is 0.211 e. The van der Waals surface area contributed by atoms with Crippen LogP contribution in [0.4, 0.5) is 0 Å². The smallest absolute Gasteiger partial charge is 0.211 e. The fraction of sp³-hybridized carbons (Fsp3) is 1.00. The Balaban J connectivity index is 1.86. The molecule has 0 spiro atoms. The van der Waals surface area contributed by atoms with E-state index in [-0.39, 0.29) is 0 Å². The van der Waals surface area contributed by atoms with Crippen LogP contribution < -0.4 is 5.32 Å². The zero-order valence-electron chi connectivity index (χ0n) is 13.9. The molecule has 1 saturated heterocycles. The van der Waals surface area contributed by atoms with Crippen molar-refractivity contribution in [2.24, 2.45) is 17.3 Å². The molecule has 1 atom stereocenters. The van der Waals surface area contributed by atoms with Gasteiger partial charge in [-0.25, -0.2) is 12.7 Å². The summed E-state index contributed by atoms with van der Waals surface area (Å²) in [6.45, 7) is 8.14. The summed E-state index contributed by atoms with van der Waals surface area (Å²) in [6, 6.07) is 0. The molecule has 0 amide bonds. The van der Waals surface area contributed by atoms with Gasteiger partial charge in [-0.15, -0.1) is 0 Å². The van der Waals surface area contributed by atoms with Crippen molar-refractivity contribution in [3.05, 3.63) is 0 Å². The van der Waals surface area contributed by atoms with Crippen molar-refractivity contribution < 1.29 is 8.42 Å². The molecule has 2 fully saturated rings. The molecule has 0 aromatic rings. The number of nitrogens with one attached hydrogen (secondary N) is 1. The van der Waals surface area contributed by atoms with Crippen molar-refractivity contribution in [3.8, 4) is 0 Å². The summed E-state index contributed by atoms with van der Waals surface area (Å²) in [4.78, 5) is 0. The predicted molar refractivity (Wildman–Crippen MR) is 87.7 cm³/mol. The number of hydrogen-bond acceptors (Lipinski definition) is 3. The summed E-state index contributed by atoms with van der Waals surface area (Å²) < 4.78 is 25.2. The first-order valence-electron chi connectivity index (χ1n) is 8.47. The van der Waals surface area contributed by atoms with Crippen molar-refractivity contribution in [2.45, 2.75) is 52.4 Å². The van der Waals surface area contributed by atoms with Crippen LogP contribution in [0.1, 0.15) is 52.4 Å². The Hall–Kier alpha value is -0.130. The Labute approximate surface area is 130 Å². The molecule has 2 rings (SSSR count). The molecule has 21 heavy (non-hydrogen) atoms. The van der Waals surface area contributed by atoms with Gasteiger partial charge in [0, 0.05) is 19.6 Å². The molecule has 1 heterocycles. The summed E-state index contributed by atoms with van der Waals surface area (Å²) in [5.74, 6) is 1.24. The van der Waals surface area contributed by atoms with E-state index in [2.05, 4.69) is 19.2 Å². The monoisotopic (exact) mass is 316 g/mol. The van der Waals surface area contributed by atoms with Crippen LogP contribution in [0.15, 0.2) is 0 Å². The predicted octanol–water partition coefficient (Wildman–Crippen LogP) is 2.46. The van der Waals surface area contributed by atoms with Gasteiger partial charge >= 0.3 is 0 Å². The number of nitrogens with zero attached hydrogens (tertiary/aromatic N) is 1. The lowest BCUT2D eigenvalue weighted by Crippen LogP contribution is -2.46. The van der Waals surface area contributed by atoms with E-state index >= 15 is 0 Å². The van der Waals surface area contributed by atoms with E-state index < -0.39 is 10.0 Å². The molecule has 4 nitrogen and oxygen atoms in total. The van der Waals surface area contributed by atoms with E-state index in [1.54, 1.807) is 4.31 Å². The van der Waals surface area contributed by atoms with Crippen molar-refractivity contribution in [1.29, 1.82) is 0 Å². The minimum absolute atomic E-state index is 0.445. The molecule has 1 aliphatic heterocycles. The van der Waals surface area contributed by atoms with Crippen molar-refractivity contribution in [1.82, 2.24) is 9.62 Å². The Morgan fingerprint density at radius 3 is 2.52 bits per heavy atom. The van der Waals surface area contributed by atoms with Gasteiger partial charge in [-0.3, -0.25) is 0 Å². The maximum absolute atomic E-state index is 11.7. The second-order valence-corrected chi connectivity index (χ2v) is 9.69. The molecule has 0 radical (unpaired) electrons. The summed E-state index contributed by atoms with van der Waals surface area (Å²) in [5, 5.41) is 3.63. The molecule has 1 unspecified atom stereocenters. The maximum atomic E-state index is 11.7. The third kappa shape index (κ3) is 4.93. The van der Waals surface area contributed by atoms with Gasteiger partial charge in [0.05, 0.1) is 6.26 Å². The quantitative estimate of drug-likeness (QED) is 0.785. The number of sulfonamides is 1. The summed E-state index contributed by atoms with van der Waals surface area (Å²) in [7, 11) is -3.01. The van der Waals surface area contributed by atoms with Crippen LogP contribution in [0.2, 0.25) is 0 Å². The Morgan fingerprint density at radius 2 is 2.00 bits per heavy atom. The first-order valence-corrected chi connectivity index (χ1v) is 10.3. The third-order valence-corrected chi connectivity index (χ3v) is 6.41. The lowest BCUT2D eigenvalue weighted by Gasteiger charge is -2.46. The normalized spacial score (nSPS) is 26.8. The van der Waals surface area contributed by atoms with Gasteiger partial charge in [0.2, 0.25) is 10.0 Å². The molecule has 1 aliphatic carbocycles. The van der Waals surface area contributed by atoms with Crippen molar-refractivity contribution in [2.75, 3.05) is 32.4 Å². The largest absolute Gasteiger partial charge is 0.316 e. The zero-order valence-corrected chi connectivity index (χ0v) is 14.7. The minimum atomic E-state index is -3.01. The molecule has 5 heteroatoms. The summed E-state index contributed by atoms with van der Waals surface area (Å²) in [6.07, 6.45) is 8.72. The second-order valence-electron chi connectivity index (χ2n) is 7.71. The van der Waals surface area contributed by atoms with Gasteiger partial charge in [0.15, 0.2) is 0 Å². The van der Waals surface area contributed by atoms with E-state index in [0.717, 1.165) is 26.1 Å². The highest BCUT2D eigenvalue weighted by Crippen LogP contribution is 2.46. The molecule has 1 N–H and O–H groups in total. The zero-order chi connectivity index (χ0) is 15.5. The number of hydrogen-bond donors (Lipinski definition) is 1. The van der Waals surface area contributed by atoms with Gasteiger partial charge in [-0.05, 0) is 55.9 Å². The van der Waals surface area contributed by atoms with Crippen LogP contribution in [0.25, 0.3) is 0 Å². The molecular weight excluding hydrogens is 284 g/mol. The van der Waals surface area contributed by atoms with Crippen LogP contribution in [0.5, 0.6) is 0 Å². The van der Waals surface area contributed by atoms with Crippen LogP contribution in [0.3, 0.4) is 0 Å². The number of rotatable bonds is 7. The molecule has 0 aromatic carbocycles. The fourth-order valence-corrected chi connectivity index (χ4v) is 4.81. The first kappa shape index (κ1) is 17.2. The van der Waals surface area contributed by atoms with Crippen LogP contribution in [-0.4, -0.2) is 45.2 Å². The molecule has 124 valence electrons. The summed E-state index contributed by atoms with van der Waals surface area (Å²) >= 11 is 0. The second kappa shape index (κ2) is 6.97. The van der Waals surface area contributed by atoms with Crippen LogP contribution in [-0.2, 0) is 10.0 Å². The van der Waals surface area contributed by atoms with E-state index in [9.17, 15) is 8.42 Å².